The second-order valence-electron chi connectivity index (χ2n) is 6.29. The largest absolute Gasteiger partial charge is 0.496 e. The van der Waals surface area contributed by atoms with E-state index in [0.717, 1.165) is 30.6 Å². The van der Waals surface area contributed by atoms with Crippen molar-refractivity contribution in [3.05, 3.63) is 29.8 Å². The Balaban J connectivity index is 1.75. The van der Waals surface area contributed by atoms with E-state index >= 15 is 0 Å². The third-order valence-corrected chi connectivity index (χ3v) is 4.40. The first-order valence-corrected chi connectivity index (χ1v) is 8.38. The molecule has 1 saturated heterocycles. The summed E-state index contributed by atoms with van der Waals surface area (Å²) in [5.74, 6) is 0.929. The molecular formula is C18H27N3O3. The molecule has 0 radical (unpaired) electrons. The van der Waals surface area contributed by atoms with E-state index in [1.807, 2.05) is 24.3 Å². The van der Waals surface area contributed by atoms with Crippen molar-refractivity contribution in [3.63, 3.8) is 0 Å². The number of nitrogens with one attached hydrogen (secondary N) is 1. The van der Waals surface area contributed by atoms with Crippen LogP contribution in [0.15, 0.2) is 24.3 Å². The number of ether oxygens (including phenoxy) is 1. The number of hydrogen-bond donors (Lipinski definition) is 1. The first kappa shape index (κ1) is 18.1. The fourth-order valence-corrected chi connectivity index (χ4v) is 2.99. The Morgan fingerprint density at radius 1 is 1.25 bits per heavy atom. The zero-order chi connectivity index (χ0) is 17.5. The highest BCUT2D eigenvalue weighted by molar-refractivity contribution is 5.79. The lowest BCUT2D eigenvalue weighted by molar-refractivity contribution is -0.126. The Hall–Kier alpha value is -2.24. The third kappa shape index (κ3) is 4.63. The number of likely N-dealkylation sites (tertiary alicyclic amines) is 1. The molecule has 2 rings (SSSR count). The second kappa shape index (κ2) is 8.57. The van der Waals surface area contributed by atoms with Gasteiger partial charge in [-0.15, -0.1) is 0 Å². The van der Waals surface area contributed by atoms with Gasteiger partial charge < -0.3 is 19.9 Å². The molecule has 1 heterocycles. The van der Waals surface area contributed by atoms with Crippen LogP contribution in [-0.2, 0) is 11.2 Å². The van der Waals surface area contributed by atoms with Crippen LogP contribution in [0.2, 0.25) is 0 Å². The summed E-state index contributed by atoms with van der Waals surface area (Å²) < 4.78 is 5.32. The van der Waals surface area contributed by atoms with Crippen LogP contribution in [0.1, 0.15) is 18.4 Å². The normalized spacial score (nSPS) is 15.0. The zero-order valence-electron chi connectivity index (χ0n) is 14.7. The monoisotopic (exact) mass is 333 g/mol. The number of rotatable bonds is 5. The molecule has 1 N–H and O–H groups in total. The fraction of sp³-hybridized carbons (Fsp3) is 0.556. The van der Waals surface area contributed by atoms with Gasteiger partial charge >= 0.3 is 6.03 Å². The molecule has 6 nitrogen and oxygen atoms in total. The standard InChI is InChI=1S/C18H27N3O3/c1-20(2)18(23)21-12-9-15(10-13-21)17(22)19-11-8-14-6-4-5-7-16(14)24-3/h4-7,15H,8-13H2,1-3H3,(H,19,22). The number of urea groups is 1. The van der Waals surface area contributed by atoms with E-state index in [1.54, 1.807) is 31.0 Å². The quantitative estimate of drug-likeness (QED) is 0.893. The molecule has 0 aromatic heterocycles. The van der Waals surface area contributed by atoms with Crippen molar-refractivity contribution < 1.29 is 14.3 Å². The maximum Gasteiger partial charge on any atom is 0.319 e. The Kier molecular flexibility index (Phi) is 6.46. The first-order valence-electron chi connectivity index (χ1n) is 8.38. The van der Waals surface area contributed by atoms with Crippen LogP contribution in [0.5, 0.6) is 5.75 Å². The van der Waals surface area contributed by atoms with Gasteiger partial charge in [0.1, 0.15) is 5.75 Å². The van der Waals surface area contributed by atoms with Crippen molar-refractivity contribution in [3.8, 4) is 5.75 Å². The molecule has 3 amide bonds. The Labute approximate surface area is 143 Å². The van der Waals surface area contributed by atoms with E-state index in [2.05, 4.69) is 5.32 Å². The summed E-state index contributed by atoms with van der Waals surface area (Å²) in [6.07, 6.45) is 2.19. The van der Waals surface area contributed by atoms with E-state index in [4.69, 9.17) is 4.74 Å². The number of hydrogen-bond acceptors (Lipinski definition) is 3. The lowest BCUT2D eigenvalue weighted by Crippen LogP contribution is -2.46. The van der Waals surface area contributed by atoms with E-state index in [9.17, 15) is 9.59 Å². The smallest absolute Gasteiger partial charge is 0.319 e. The molecule has 0 unspecified atom stereocenters. The minimum Gasteiger partial charge on any atom is -0.496 e. The van der Waals surface area contributed by atoms with Crippen LogP contribution in [0.25, 0.3) is 0 Å². The highest BCUT2D eigenvalue weighted by Gasteiger charge is 2.27. The lowest BCUT2D eigenvalue weighted by Gasteiger charge is -2.33. The van der Waals surface area contributed by atoms with Gasteiger partial charge in [-0.2, -0.15) is 0 Å². The Morgan fingerprint density at radius 2 is 1.92 bits per heavy atom. The molecule has 0 saturated carbocycles. The molecule has 1 aliphatic rings. The number of carbonyl (C=O) groups excluding carboxylic acids is 2. The first-order chi connectivity index (χ1) is 11.5. The van der Waals surface area contributed by atoms with Gasteiger partial charge in [0, 0.05) is 39.6 Å². The number of piperidine rings is 1. The molecule has 132 valence electrons. The lowest BCUT2D eigenvalue weighted by atomic mass is 9.96. The SMILES string of the molecule is COc1ccccc1CCNC(=O)C1CCN(C(=O)N(C)C)CC1. The summed E-state index contributed by atoms with van der Waals surface area (Å²) in [6, 6.07) is 7.86. The van der Waals surface area contributed by atoms with E-state index < -0.39 is 0 Å². The van der Waals surface area contributed by atoms with Gasteiger partial charge in [-0.25, -0.2) is 4.79 Å². The van der Waals surface area contributed by atoms with E-state index in [-0.39, 0.29) is 17.9 Å². The molecule has 0 bridgehead atoms. The van der Waals surface area contributed by atoms with Crippen LogP contribution in [0.3, 0.4) is 0 Å². The molecule has 0 aliphatic carbocycles. The average Bonchev–Trinajstić information content (AvgIpc) is 2.61. The van der Waals surface area contributed by atoms with Gasteiger partial charge in [0.15, 0.2) is 0 Å². The van der Waals surface area contributed by atoms with Crippen LogP contribution < -0.4 is 10.1 Å². The molecule has 0 spiro atoms. The maximum absolute atomic E-state index is 12.3. The number of para-hydroxylation sites is 1. The number of methoxy groups -OCH3 is 1. The maximum atomic E-state index is 12.3. The predicted octanol–water partition coefficient (Wildman–Crippen LogP) is 1.75. The van der Waals surface area contributed by atoms with Crippen molar-refractivity contribution in [2.24, 2.45) is 5.92 Å². The topological polar surface area (TPSA) is 61.9 Å². The number of carbonyl (C=O) groups is 2. The fourth-order valence-electron chi connectivity index (χ4n) is 2.99. The van der Waals surface area contributed by atoms with Crippen LogP contribution in [-0.4, -0.2) is 62.6 Å². The van der Waals surface area contributed by atoms with Gasteiger partial charge in [0.2, 0.25) is 5.91 Å². The highest BCUT2D eigenvalue weighted by atomic mass is 16.5. The van der Waals surface area contributed by atoms with Gasteiger partial charge in [0.25, 0.3) is 0 Å². The third-order valence-electron chi connectivity index (χ3n) is 4.40. The van der Waals surface area contributed by atoms with E-state index in [1.165, 1.54) is 0 Å². The summed E-state index contributed by atoms with van der Waals surface area (Å²) in [4.78, 5) is 27.6. The van der Waals surface area contributed by atoms with Crippen molar-refractivity contribution >= 4 is 11.9 Å². The molecule has 1 fully saturated rings. The summed E-state index contributed by atoms with van der Waals surface area (Å²) in [5.41, 5.74) is 1.09. The Bertz CT molecular complexity index is 566. The summed E-state index contributed by atoms with van der Waals surface area (Å²) in [6.45, 7) is 1.87. The van der Waals surface area contributed by atoms with E-state index in [0.29, 0.717) is 19.6 Å². The number of nitrogens with zero attached hydrogens (tertiary/aromatic N) is 2. The zero-order valence-corrected chi connectivity index (χ0v) is 14.7. The van der Waals surface area contributed by atoms with Gasteiger partial charge in [-0.05, 0) is 30.9 Å². The number of benzene rings is 1. The molecular weight excluding hydrogens is 306 g/mol. The molecule has 6 heteroatoms. The summed E-state index contributed by atoms with van der Waals surface area (Å²) >= 11 is 0. The molecule has 1 aromatic carbocycles. The predicted molar refractivity (Wildman–Crippen MR) is 93.1 cm³/mol. The molecule has 1 aromatic rings. The number of amides is 3. The Morgan fingerprint density at radius 3 is 2.54 bits per heavy atom. The molecule has 24 heavy (non-hydrogen) atoms. The second-order valence-corrected chi connectivity index (χ2v) is 6.29. The molecule has 0 atom stereocenters. The van der Waals surface area contributed by atoms with Gasteiger partial charge in [0.05, 0.1) is 7.11 Å². The van der Waals surface area contributed by atoms with Crippen molar-refractivity contribution in [1.82, 2.24) is 15.1 Å². The van der Waals surface area contributed by atoms with Gasteiger partial charge in [-0.3, -0.25) is 4.79 Å². The molecule has 1 aliphatic heterocycles. The van der Waals surface area contributed by atoms with Crippen molar-refractivity contribution in [2.45, 2.75) is 19.3 Å². The summed E-state index contributed by atoms with van der Waals surface area (Å²) in [7, 11) is 5.15. The summed E-state index contributed by atoms with van der Waals surface area (Å²) in [5, 5.41) is 3.01. The van der Waals surface area contributed by atoms with Crippen LogP contribution >= 0.6 is 0 Å². The van der Waals surface area contributed by atoms with Crippen LogP contribution in [0.4, 0.5) is 4.79 Å². The minimum absolute atomic E-state index is 0.00567. The van der Waals surface area contributed by atoms with Crippen molar-refractivity contribution in [1.29, 1.82) is 0 Å². The minimum atomic E-state index is -0.00567. The van der Waals surface area contributed by atoms with Gasteiger partial charge in [-0.1, -0.05) is 18.2 Å². The van der Waals surface area contributed by atoms with Crippen LogP contribution in [0, 0.1) is 5.92 Å². The average molecular weight is 333 g/mol. The van der Waals surface area contributed by atoms with Crippen molar-refractivity contribution in [2.75, 3.05) is 40.8 Å². The highest BCUT2D eigenvalue weighted by Crippen LogP contribution is 2.19.